The highest BCUT2D eigenvalue weighted by molar-refractivity contribution is 7.80. The topological polar surface area (TPSA) is 58.2 Å². The third kappa shape index (κ3) is 21.4. The summed E-state index contributed by atoms with van der Waals surface area (Å²) in [5.74, 6) is 0.963. The molecule has 0 saturated carbocycles. The van der Waals surface area contributed by atoms with E-state index in [9.17, 15) is 9.59 Å². The van der Waals surface area contributed by atoms with E-state index in [1.807, 2.05) is 0 Å². The van der Waals surface area contributed by atoms with Crippen LogP contribution in [0.15, 0.2) is 0 Å². The summed E-state index contributed by atoms with van der Waals surface area (Å²) in [6.45, 7) is 3.86. The molecule has 0 aromatic carbocycles. The van der Waals surface area contributed by atoms with Crippen molar-refractivity contribution in [3.63, 3.8) is 0 Å². The first-order valence-corrected chi connectivity index (χ1v) is 12.0. The molecule has 0 aliphatic heterocycles. The second-order valence-corrected chi connectivity index (χ2v) is 7.97. The van der Waals surface area contributed by atoms with E-state index >= 15 is 0 Å². The minimum Gasteiger partial charge on any atom is -0.356 e. The summed E-state index contributed by atoms with van der Waals surface area (Å²) in [5.41, 5.74) is 0. The molecule has 5 heteroatoms. The van der Waals surface area contributed by atoms with Crippen LogP contribution >= 0.6 is 12.6 Å². The molecule has 2 N–H and O–H groups in total. The molecule has 0 saturated heterocycles. The van der Waals surface area contributed by atoms with Gasteiger partial charge in [-0.2, -0.15) is 12.6 Å². The molecule has 0 fully saturated rings. The molecule has 0 rings (SSSR count). The zero-order valence-electron chi connectivity index (χ0n) is 17.7. The van der Waals surface area contributed by atoms with Gasteiger partial charge in [0.05, 0.1) is 0 Å². The smallest absolute Gasteiger partial charge is 0.220 e. The average Bonchev–Trinajstić information content (AvgIpc) is 2.65. The van der Waals surface area contributed by atoms with Crippen LogP contribution in [0, 0.1) is 0 Å². The molecule has 2 amide bonds. The highest BCUT2D eigenvalue weighted by Crippen LogP contribution is 2.09. The lowest BCUT2D eigenvalue weighted by Crippen LogP contribution is -2.24. The van der Waals surface area contributed by atoms with E-state index in [4.69, 9.17) is 0 Å². The summed E-state index contributed by atoms with van der Waals surface area (Å²) in [7, 11) is 0. The van der Waals surface area contributed by atoms with Crippen LogP contribution in [0.25, 0.3) is 0 Å². The third-order valence-electron chi connectivity index (χ3n) is 4.84. The van der Waals surface area contributed by atoms with Crippen LogP contribution in [-0.2, 0) is 9.59 Å². The molecule has 0 heterocycles. The monoisotopic (exact) mass is 400 g/mol. The van der Waals surface area contributed by atoms with Gasteiger partial charge in [0.25, 0.3) is 0 Å². The molecule has 0 aliphatic rings. The fraction of sp³-hybridized carbons (Fsp3) is 0.909. The van der Waals surface area contributed by atoms with Gasteiger partial charge < -0.3 is 10.6 Å². The fourth-order valence-corrected chi connectivity index (χ4v) is 3.31. The molecule has 0 aromatic heterocycles. The molecule has 160 valence electrons. The Bertz CT molecular complexity index is 351. The van der Waals surface area contributed by atoms with Crippen molar-refractivity contribution in [2.45, 2.75) is 110 Å². The predicted molar refractivity (Wildman–Crippen MR) is 119 cm³/mol. The fourth-order valence-electron chi connectivity index (χ4n) is 3.11. The molecule has 4 nitrogen and oxygen atoms in total. The summed E-state index contributed by atoms with van der Waals surface area (Å²) < 4.78 is 0. The van der Waals surface area contributed by atoms with E-state index in [0.717, 1.165) is 32.4 Å². The van der Waals surface area contributed by atoms with Crippen LogP contribution in [0.2, 0.25) is 0 Å². The van der Waals surface area contributed by atoms with E-state index in [0.29, 0.717) is 18.6 Å². The van der Waals surface area contributed by atoms with Crippen LogP contribution in [0.4, 0.5) is 0 Å². The van der Waals surface area contributed by atoms with Crippen molar-refractivity contribution >= 4 is 24.4 Å². The van der Waals surface area contributed by atoms with Gasteiger partial charge in [-0.05, 0) is 25.0 Å². The van der Waals surface area contributed by atoms with Crippen molar-refractivity contribution in [3.8, 4) is 0 Å². The zero-order valence-corrected chi connectivity index (χ0v) is 18.6. The first-order chi connectivity index (χ1) is 13.2. The number of hydrogen-bond donors (Lipinski definition) is 3. The Hall–Kier alpha value is -0.710. The van der Waals surface area contributed by atoms with Gasteiger partial charge in [0.15, 0.2) is 0 Å². The van der Waals surface area contributed by atoms with Gasteiger partial charge >= 0.3 is 0 Å². The number of rotatable bonds is 20. The minimum absolute atomic E-state index is 0.115. The Morgan fingerprint density at radius 3 is 1.48 bits per heavy atom. The van der Waals surface area contributed by atoms with E-state index in [2.05, 4.69) is 30.2 Å². The van der Waals surface area contributed by atoms with Gasteiger partial charge in [-0.15, -0.1) is 0 Å². The second kappa shape index (κ2) is 21.6. The average molecular weight is 401 g/mol. The SMILES string of the molecule is CCCCCCCCC(=O)NCCCCCCCCCCNC(=O)CCS. The zero-order chi connectivity index (χ0) is 20.0. The van der Waals surface area contributed by atoms with Gasteiger partial charge in [0.2, 0.25) is 11.8 Å². The molecule has 0 bridgehead atoms. The third-order valence-corrected chi connectivity index (χ3v) is 5.07. The summed E-state index contributed by atoms with van der Waals surface area (Å²) in [4.78, 5) is 23.0. The van der Waals surface area contributed by atoms with Crippen molar-refractivity contribution in [2.75, 3.05) is 18.8 Å². The van der Waals surface area contributed by atoms with Crippen molar-refractivity contribution in [1.29, 1.82) is 0 Å². The first kappa shape index (κ1) is 26.3. The number of carbonyl (C=O) groups excluding carboxylic acids is 2. The Labute approximate surface area is 173 Å². The van der Waals surface area contributed by atoms with Crippen LogP contribution in [-0.4, -0.2) is 30.7 Å². The Morgan fingerprint density at radius 1 is 0.593 bits per heavy atom. The molecular formula is C22H44N2O2S. The number of unbranched alkanes of at least 4 members (excludes halogenated alkanes) is 12. The molecule has 0 aliphatic carbocycles. The maximum absolute atomic E-state index is 11.7. The maximum atomic E-state index is 11.7. The number of nitrogens with one attached hydrogen (secondary N) is 2. The van der Waals surface area contributed by atoms with Gasteiger partial charge in [-0.1, -0.05) is 77.6 Å². The largest absolute Gasteiger partial charge is 0.356 e. The molecule has 0 unspecified atom stereocenters. The standard InChI is InChI=1S/C22H44N2O2S/c1-2-3-4-5-10-13-16-21(25)23-18-14-11-8-6-7-9-12-15-19-24-22(26)17-20-27/h27H,2-20H2,1H3,(H,23,25)(H,24,26). The lowest BCUT2D eigenvalue weighted by Gasteiger charge is -2.06. The first-order valence-electron chi connectivity index (χ1n) is 11.3. The lowest BCUT2D eigenvalue weighted by molar-refractivity contribution is -0.121. The van der Waals surface area contributed by atoms with Crippen LogP contribution in [0.5, 0.6) is 0 Å². The molecule has 0 atom stereocenters. The predicted octanol–water partition coefficient (Wildman–Crippen LogP) is 5.41. The highest BCUT2D eigenvalue weighted by Gasteiger charge is 2.01. The number of carbonyl (C=O) groups is 2. The number of amides is 2. The quantitative estimate of drug-likeness (QED) is 0.189. The Morgan fingerprint density at radius 2 is 1.00 bits per heavy atom. The molecule has 27 heavy (non-hydrogen) atoms. The van der Waals surface area contributed by atoms with Crippen LogP contribution < -0.4 is 10.6 Å². The molecular weight excluding hydrogens is 356 g/mol. The van der Waals surface area contributed by atoms with E-state index in [1.54, 1.807) is 0 Å². The van der Waals surface area contributed by atoms with Crippen molar-refractivity contribution in [2.24, 2.45) is 0 Å². The van der Waals surface area contributed by atoms with Gasteiger partial charge in [0, 0.05) is 25.9 Å². The summed E-state index contributed by atoms with van der Waals surface area (Å²) in [6, 6.07) is 0. The number of thiol groups is 1. The van der Waals surface area contributed by atoms with Crippen LogP contribution in [0.1, 0.15) is 110 Å². The Kier molecular flexibility index (Phi) is 21.0. The highest BCUT2D eigenvalue weighted by atomic mass is 32.1. The van der Waals surface area contributed by atoms with E-state index in [1.165, 1.54) is 70.6 Å². The van der Waals surface area contributed by atoms with Gasteiger partial charge in [-0.3, -0.25) is 9.59 Å². The summed E-state index contributed by atoms with van der Waals surface area (Å²) in [5, 5.41) is 5.97. The van der Waals surface area contributed by atoms with Crippen molar-refractivity contribution in [3.05, 3.63) is 0 Å². The van der Waals surface area contributed by atoms with Crippen molar-refractivity contribution in [1.82, 2.24) is 10.6 Å². The maximum Gasteiger partial charge on any atom is 0.220 e. The number of hydrogen-bond acceptors (Lipinski definition) is 3. The minimum atomic E-state index is 0.115. The van der Waals surface area contributed by atoms with E-state index < -0.39 is 0 Å². The second-order valence-electron chi connectivity index (χ2n) is 7.52. The molecule has 0 aromatic rings. The lowest BCUT2D eigenvalue weighted by atomic mass is 10.1. The summed E-state index contributed by atoms with van der Waals surface area (Å²) >= 11 is 4.05. The molecule has 0 radical (unpaired) electrons. The van der Waals surface area contributed by atoms with Gasteiger partial charge in [-0.25, -0.2) is 0 Å². The summed E-state index contributed by atoms with van der Waals surface area (Å²) in [6.07, 6.45) is 18.2. The van der Waals surface area contributed by atoms with Crippen molar-refractivity contribution < 1.29 is 9.59 Å². The van der Waals surface area contributed by atoms with E-state index in [-0.39, 0.29) is 11.8 Å². The normalized spacial score (nSPS) is 10.7. The van der Waals surface area contributed by atoms with Crippen LogP contribution in [0.3, 0.4) is 0 Å². The molecule has 0 spiro atoms. The van der Waals surface area contributed by atoms with Gasteiger partial charge in [0.1, 0.15) is 0 Å². The Balaban J connectivity index is 3.17.